The fourth-order valence-corrected chi connectivity index (χ4v) is 2.83. The van der Waals surface area contributed by atoms with Gasteiger partial charge in [0.2, 0.25) is 0 Å². The molecule has 31 heavy (non-hydrogen) atoms. The maximum atomic E-state index is 11.7. The van der Waals surface area contributed by atoms with E-state index in [0.29, 0.717) is 6.42 Å². The number of aliphatic hydroxyl groups excluding tert-OH is 1. The lowest BCUT2D eigenvalue weighted by molar-refractivity contribution is -0.153. The minimum absolute atomic E-state index is 0.157. The molecule has 0 aromatic carbocycles. The van der Waals surface area contributed by atoms with Crippen LogP contribution < -0.4 is 0 Å². The molecule has 0 aromatic rings. The first kappa shape index (κ1) is 29.5. The molecule has 0 bridgehead atoms. The molecule has 0 amide bonds. The van der Waals surface area contributed by atoms with E-state index in [1.54, 1.807) is 0 Å². The molecular formula is C23H39O7P. The molecule has 0 rings (SSSR count). The lowest BCUT2D eigenvalue weighted by Gasteiger charge is -2.15. The van der Waals surface area contributed by atoms with Gasteiger partial charge < -0.3 is 19.6 Å². The van der Waals surface area contributed by atoms with Gasteiger partial charge in [0.15, 0.2) is 0 Å². The van der Waals surface area contributed by atoms with Gasteiger partial charge in [-0.1, -0.05) is 68.4 Å². The second kappa shape index (κ2) is 20.4. The molecule has 0 heterocycles. The number of carbonyl (C=O) groups is 1. The molecule has 7 nitrogen and oxygen atoms in total. The van der Waals surface area contributed by atoms with Crippen LogP contribution in [0.5, 0.6) is 0 Å². The van der Waals surface area contributed by atoms with Crippen molar-refractivity contribution in [2.24, 2.45) is 0 Å². The number of esters is 1. The maximum Gasteiger partial charge on any atom is 0.469 e. The van der Waals surface area contributed by atoms with E-state index in [0.717, 1.165) is 25.7 Å². The number of rotatable bonds is 19. The van der Waals surface area contributed by atoms with Crippen LogP contribution in [-0.2, 0) is 18.6 Å². The van der Waals surface area contributed by atoms with Crippen molar-refractivity contribution >= 4 is 13.8 Å². The number of phosphoric ester groups is 1. The van der Waals surface area contributed by atoms with Crippen molar-refractivity contribution in [2.75, 3.05) is 13.2 Å². The van der Waals surface area contributed by atoms with E-state index in [-0.39, 0.29) is 6.42 Å². The average molecular weight is 459 g/mol. The summed E-state index contributed by atoms with van der Waals surface area (Å²) in [5.41, 5.74) is 0. The Balaban J connectivity index is 3.72. The molecule has 0 aromatic heterocycles. The van der Waals surface area contributed by atoms with Crippen LogP contribution in [-0.4, -0.2) is 40.2 Å². The zero-order valence-corrected chi connectivity index (χ0v) is 19.5. The second-order valence-electron chi connectivity index (χ2n) is 7.06. The number of hydrogen-bond acceptors (Lipinski definition) is 5. The zero-order chi connectivity index (χ0) is 23.2. The van der Waals surface area contributed by atoms with Crippen molar-refractivity contribution in [3.63, 3.8) is 0 Å². The predicted molar refractivity (Wildman–Crippen MR) is 123 cm³/mol. The lowest BCUT2D eigenvalue weighted by atomic mass is 10.2. The molecule has 178 valence electrons. The van der Waals surface area contributed by atoms with Crippen LogP contribution in [0.1, 0.15) is 71.1 Å². The number of aliphatic hydroxyl groups is 1. The molecule has 0 aliphatic rings. The van der Waals surface area contributed by atoms with E-state index in [9.17, 15) is 9.36 Å². The Labute approximate surface area is 186 Å². The highest BCUT2D eigenvalue weighted by atomic mass is 31.2. The van der Waals surface area contributed by atoms with Gasteiger partial charge in [0, 0.05) is 6.42 Å². The summed E-state index contributed by atoms with van der Waals surface area (Å²) in [4.78, 5) is 28.9. The van der Waals surface area contributed by atoms with Gasteiger partial charge in [0.05, 0.1) is 13.2 Å². The van der Waals surface area contributed by atoms with Crippen molar-refractivity contribution < 1.29 is 33.5 Å². The summed E-state index contributed by atoms with van der Waals surface area (Å²) in [6, 6.07) is 0. The Morgan fingerprint density at radius 3 is 1.87 bits per heavy atom. The smallest absolute Gasteiger partial charge is 0.457 e. The quantitative estimate of drug-likeness (QED) is 0.106. The molecule has 1 atom stereocenters. The van der Waals surface area contributed by atoms with E-state index in [4.69, 9.17) is 19.6 Å². The van der Waals surface area contributed by atoms with Gasteiger partial charge in [-0.3, -0.25) is 9.32 Å². The summed E-state index contributed by atoms with van der Waals surface area (Å²) >= 11 is 0. The predicted octanol–water partition coefficient (Wildman–Crippen LogP) is 5.15. The Kier molecular flexibility index (Phi) is 19.4. The molecule has 8 heteroatoms. The largest absolute Gasteiger partial charge is 0.469 e. The summed E-state index contributed by atoms with van der Waals surface area (Å²) in [6.07, 6.45) is 25.2. The summed E-state index contributed by atoms with van der Waals surface area (Å²) in [5.74, 6) is -0.538. The Morgan fingerprint density at radius 1 is 0.871 bits per heavy atom. The topological polar surface area (TPSA) is 113 Å². The first-order valence-corrected chi connectivity index (χ1v) is 12.5. The standard InChI is InChI=1S/C23H39O7P/c1-2-3-4-5-6-7-8-9-10-11-12-13-14-15-16-17-18-19-23(25)30-22(20-24)21-29-31(26,27)28/h6-7,9-10,12-13,15-16,22,24H,2-5,8,11,14,17-21H2,1H3,(H2,26,27,28)/b7-6+,10-9+,13-12+,16-15+. The third kappa shape index (κ3) is 23.0. The van der Waals surface area contributed by atoms with Crippen LogP contribution in [0.15, 0.2) is 48.6 Å². The van der Waals surface area contributed by atoms with E-state index >= 15 is 0 Å². The van der Waals surface area contributed by atoms with Crippen LogP contribution in [0.3, 0.4) is 0 Å². The van der Waals surface area contributed by atoms with E-state index in [1.807, 2.05) is 12.2 Å². The summed E-state index contributed by atoms with van der Waals surface area (Å²) in [5, 5.41) is 9.06. The van der Waals surface area contributed by atoms with E-state index in [2.05, 4.69) is 47.9 Å². The number of unbranched alkanes of at least 4 members (excludes halogenated alkanes) is 4. The van der Waals surface area contributed by atoms with Crippen molar-refractivity contribution in [1.82, 2.24) is 0 Å². The minimum Gasteiger partial charge on any atom is -0.457 e. The van der Waals surface area contributed by atoms with Crippen LogP contribution in [0.2, 0.25) is 0 Å². The van der Waals surface area contributed by atoms with Gasteiger partial charge in [0.1, 0.15) is 6.10 Å². The molecule has 0 spiro atoms. The SMILES string of the molecule is CCCCC/C=C/C/C=C/C/C=C/C/C=C/CCCC(=O)OC(CO)COP(=O)(O)O. The zero-order valence-electron chi connectivity index (χ0n) is 18.6. The van der Waals surface area contributed by atoms with Crippen LogP contribution in [0, 0.1) is 0 Å². The van der Waals surface area contributed by atoms with Crippen molar-refractivity contribution in [2.45, 2.75) is 77.2 Å². The molecular weight excluding hydrogens is 419 g/mol. The highest BCUT2D eigenvalue weighted by Crippen LogP contribution is 2.35. The number of ether oxygens (including phenoxy) is 1. The average Bonchev–Trinajstić information content (AvgIpc) is 2.72. The molecule has 0 fully saturated rings. The van der Waals surface area contributed by atoms with E-state index in [1.165, 1.54) is 25.7 Å². The minimum atomic E-state index is -4.66. The third-order valence-corrected chi connectivity index (χ3v) is 4.62. The van der Waals surface area contributed by atoms with Gasteiger partial charge in [-0.05, 0) is 44.9 Å². The first-order chi connectivity index (χ1) is 14.9. The van der Waals surface area contributed by atoms with Crippen LogP contribution in [0.25, 0.3) is 0 Å². The van der Waals surface area contributed by atoms with Crippen LogP contribution >= 0.6 is 7.82 Å². The molecule has 0 radical (unpaired) electrons. The van der Waals surface area contributed by atoms with Gasteiger partial charge in [0.25, 0.3) is 0 Å². The van der Waals surface area contributed by atoms with Gasteiger partial charge >= 0.3 is 13.8 Å². The highest BCUT2D eigenvalue weighted by Gasteiger charge is 2.20. The monoisotopic (exact) mass is 458 g/mol. The molecule has 0 saturated heterocycles. The number of carbonyl (C=O) groups excluding carboxylic acids is 1. The Morgan fingerprint density at radius 2 is 1.39 bits per heavy atom. The molecule has 3 N–H and O–H groups in total. The van der Waals surface area contributed by atoms with Crippen molar-refractivity contribution in [3.8, 4) is 0 Å². The molecule has 1 unspecified atom stereocenters. The van der Waals surface area contributed by atoms with E-state index < -0.39 is 33.1 Å². The summed E-state index contributed by atoms with van der Waals surface area (Å²) in [7, 11) is -4.66. The lowest BCUT2D eigenvalue weighted by Crippen LogP contribution is -2.26. The summed E-state index contributed by atoms with van der Waals surface area (Å²) in [6.45, 7) is 1.10. The Hall–Kier alpha value is -1.50. The Bertz CT molecular complexity index is 605. The fourth-order valence-electron chi connectivity index (χ4n) is 2.47. The van der Waals surface area contributed by atoms with Gasteiger partial charge in [-0.25, -0.2) is 4.57 Å². The summed E-state index contributed by atoms with van der Waals surface area (Å²) < 4.78 is 19.8. The van der Waals surface area contributed by atoms with Crippen molar-refractivity contribution in [3.05, 3.63) is 48.6 Å². The molecule has 0 aliphatic carbocycles. The highest BCUT2D eigenvalue weighted by molar-refractivity contribution is 7.46. The first-order valence-electron chi connectivity index (χ1n) is 11.0. The fraction of sp³-hybridized carbons (Fsp3) is 0.609. The second-order valence-corrected chi connectivity index (χ2v) is 8.30. The maximum absolute atomic E-state index is 11.7. The van der Waals surface area contributed by atoms with Crippen molar-refractivity contribution in [1.29, 1.82) is 0 Å². The van der Waals surface area contributed by atoms with Gasteiger partial charge in [-0.2, -0.15) is 0 Å². The van der Waals surface area contributed by atoms with Gasteiger partial charge in [-0.15, -0.1) is 0 Å². The molecule has 0 aliphatic heterocycles. The van der Waals surface area contributed by atoms with Crippen LogP contribution in [0.4, 0.5) is 0 Å². The number of phosphoric acid groups is 1. The number of allylic oxidation sites excluding steroid dienone is 8. The molecule has 0 saturated carbocycles. The third-order valence-electron chi connectivity index (χ3n) is 4.14. The normalized spacial score (nSPS) is 13.8. The number of hydrogen-bond donors (Lipinski definition) is 3.